The molecule has 0 aliphatic carbocycles. The normalized spacial score (nSPS) is 12.4. The number of hydrogen-bond acceptors (Lipinski definition) is 3. The summed E-state index contributed by atoms with van der Waals surface area (Å²) in [6.07, 6.45) is 0. The smallest absolute Gasteiger partial charge is 0.278 e. The van der Waals surface area contributed by atoms with Gasteiger partial charge in [0.15, 0.2) is 0 Å². The Morgan fingerprint density at radius 3 is 2.18 bits per heavy atom. The molecule has 0 atom stereocenters. The first-order chi connectivity index (χ1) is 5.00. The molecule has 0 aromatic heterocycles. The lowest BCUT2D eigenvalue weighted by molar-refractivity contribution is 0.505. The maximum Gasteiger partial charge on any atom is 0.278 e. The Hall–Kier alpha value is -0.170. The fourth-order valence-corrected chi connectivity index (χ4v) is 1.05. The number of likely N-dealkylation sites (N-methyl/N-ethyl adjacent to an activating group) is 1. The Kier molecular flexibility index (Phi) is 4.58. The van der Waals surface area contributed by atoms with E-state index in [9.17, 15) is 8.42 Å². The molecule has 0 saturated heterocycles. The van der Waals surface area contributed by atoms with E-state index in [1.54, 1.807) is 7.05 Å². The molecule has 68 valence electrons. The monoisotopic (exact) mass is 181 g/mol. The SMILES string of the molecule is CNCCNS(=O)(=O)N(C)C. The lowest BCUT2D eigenvalue weighted by atomic mass is 10.7. The molecule has 0 aromatic rings. The molecule has 0 bridgehead atoms. The minimum absolute atomic E-state index is 0.414. The van der Waals surface area contributed by atoms with Crippen LogP contribution >= 0.6 is 0 Å². The zero-order chi connectivity index (χ0) is 8.91. The van der Waals surface area contributed by atoms with E-state index in [0.717, 1.165) is 4.31 Å². The molecule has 0 aliphatic rings. The molecule has 0 rings (SSSR count). The third-order valence-corrected chi connectivity index (χ3v) is 2.67. The molecule has 2 N–H and O–H groups in total. The summed E-state index contributed by atoms with van der Waals surface area (Å²) >= 11 is 0. The second-order valence-electron chi connectivity index (χ2n) is 2.29. The van der Waals surface area contributed by atoms with Crippen LogP contribution in [0.2, 0.25) is 0 Å². The summed E-state index contributed by atoms with van der Waals surface area (Å²) in [6.45, 7) is 1.05. The third kappa shape index (κ3) is 4.31. The van der Waals surface area contributed by atoms with Crippen LogP contribution in [-0.2, 0) is 10.2 Å². The summed E-state index contributed by atoms with van der Waals surface area (Å²) in [6, 6.07) is 0. The van der Waals surface area contributed by atoms with Gasteiger partial charge in [-0.05, 0) is 7.05 Å². The van der Waals surface area contributed by atoms with Crippen molar-refractivity contribution in [2.24, 2.45) is 0 Å². The third-order valence-electron chi connectivity index (χ3n) is 1.14. The van der Waals surface area contributed by atoms with Gasteiger partial charge in [-0.3, -0.25) is 0 Å². The van der Waals surface area contributed by atoms with Gasteiger partial charge in [-0.25, -0.2) is 4.72 Å². The van der Waals surface area contributed by atoms with E-state index in [2.05, 4.69) is 10.0 Å². The van der Waals surface area contributed by atoms with Crippen molar-refractivity contribution in [1.82, 2.24) is 14.3 Å². The zero-order valence-electron chi connectivity index (χ0n) is 7.09. The molecular formula is C5H15N3O2S. The summed E-state index contributed by atoms with van der Waals surface area (Å²) in [5.41, 5.74) is 0. The van der Waals surface area contributed by atoms with Crippen molar-refractivity contribution < 1.29 is 8.42 Å². The van der Waals surface area contributed by atoms with Crippen LogP contribution in [0.25, 0.3) is 0 Å². The summed E-state index contributed by atoms with van der Waals surface area (Å²) in [5.74, 6) is 0. The Balaban J connectivity index is 3.75. The van der Waals surface area contributed by atoms with Crippen LogP contribution in [-0.4, -0.2) is 47.0 Å². The van der Waals surface area contributed by atoms with E-state index in [4.69, 9.17) is 0 Å². The highest BCUT2D eigenvalue weighted by Gasteiger charge is 2.10. The maximum atomic E-state index is 11.0. The van der Waals surface area contributed by atoms with Gasteiger partial charge in [0.05, 0.1) is 0 Å². The van der Waals surface area contributed by atoms with Crippen LogP contribution in [0.5, 0.6) is 0 Å². The van der Waals surface area contributed by atoms with E-state index < -0.39 is 10.2 Å². The van der Waals surface area contributed by atoms with Gasteiger partial charge in [0.25, 0.3) is 10.2 Å². The van der Waals surface area contributed by atoms with Gasteiger partial charge in [0, 0.05) is 27.2 Å². The average Bonchev–Trinajstić information content (AvgIpc) is 1.88. The number of hydrogen-bond donors (Lipinski definition) is 2. The van der Waals surface area contributed by atoms with Crippen LogP contribution in [0.3, 0.4) is 0 Å². The summed E-state index contributed by atoms with van der Waals surface area (Å²) in [7, 11) is 1.52. The molecule has 6 heteroatoms. The van der Waals surface area contributed by atoms with Gasteiger partial charge in [-0.2, -0.15) is 12.7 Å². The summed E-state index contributed by atoms with van der Waals surface area (Å²) in [5, 5.41) is 2.83. The molecule has 0 radical (unpaired) electrons. The fourth-order valence-electron chi connectivity index (χ4n) is 0.434. The average molecular weight is 181 g/mol. The van der Waals surface area contributed by atoms with E-state index >= 15 is 0 Å². The predicted octanol–water partition coefficient (Wildman–Crippen LogP) is -1.40. The first-order valence-corrected chi connectivity index (χ1v) is 4.76. The van der Waals surface area contributed by atoms with Crippen molar-refractivity contribution in [2.45, 2.75) is 0 Å². The highest BCUT2D eigenvalue weighted by atomic mass is 32.2. The standard InChI is InChI=1S/C5H15N3O2S/c1-6-4-5-7-11(9,10)8(2)3/h6-7H,4-5H2,1-3H3. The van der Waals surface area contributed by atoms with Gasteiger partial charge >= 0.3 is 0 Å². The Bertz CT molecular complexity index is 188. The van der Waals surface area contributed by atoms with Crippen molar-refractivity contribution in [2.75, 3.05) is 34.2 Å². The van der Waals surface area contributed by atoms with Crippen LogP contribution in [0.15, 0.2) is 0 Å². The maximum absolute atomic E-state index is 11.0. The van der Waals surface area contributed by atoms with Crippen molar-refractivity contribution in [3.05, 3.63) is 0 Å². The topological polar surface area (TPSA) is 61.4 Å². The first kappa shape index (κ1) is 10.8. The minimum Gasteiger partial charge on any atom is -0.318 e. The van der Waals surface area contributed by atoms with Gasteiger partial charge in [-0.1, -0.05) is 0 Å². The van der Waals surface area contributed by atoms with E-state index in [1.165, 1.54) is 14.1 Å². The first-order valence-electron chi connectivity index (χ1n) is 3.32. The van der Waals surface area contributed by atoms with Crippen LogP contribution in [0, 0.1) is 0 Å². The van der Waals surface area contributed by atoms with Gasteiger partial charge in [-0.15, -0.1) is 0 Å². The number of nitrogens with zero attached hydrogens (tertiary/aromatic N) is 1. The van der Waals surface area contributed by atoms with E-state index in [-0.39, 0.29) is 0 Å². The van der Waals surface area contributed by atoms with E-state index in [1.807, 2.05) is 0 Å². The second kappa shape index (κ2) is 4.66. The molecule has 0 unspecified atom stereocenters. The molecule has 0 aliphatic heterocycles. The van der Waals surface area contributed by atoms with E-state index in [0.29, 0.717) is 13.1 Å². The molecule has 5 nitrogen and oxygen atoms in total. The Morgan fingerprint density at radius 1 is 1.27 bits per heavy atom. The molecule has 0 amide bonds. The second-order valence-corrected chi connectivity index (χ2v) is 4.25. The van der Waals surface area contributed by atoms with Gasteiger partial charge in [0.1, 0.15) is 0 Å². The van der Waals surface area contributed by atoms with Crippen LogP contribution in [0.4, 0.5) is 0 Å². The fraction of sp³-hybridized carbons (Fsp3) is 1.00. The quantitative estimate of drug-likeness (QED) is 0.513. The lowest BCUT2D eigenvalue weighted by Gasteiger charge is -2.11. The molecule has 0 spiro atoms. The molecule has 0 saturated carbocycles. The predicted molar refractivity (Wildman–Crippen MR) is 44.5 cm³/mol. The molecular weight excluding hydrogens is 166 g/mol. The lowest BCUT2D eigenvalue weighted by Crippen LogP contribution is -2.38. The van der Waals surface area contributed by atoms with Crippen molar-refractivity contribution >= 4 is 10.2 Å². The number of rotatable bonds is 5. The Morgan fingerprint density at radius 2 is 1.82 bits per heavy atom. The zero-order valence-corrected chi connectivity index (χ0v) is 7.90. The van der Waals surface area contributed by atoms with Crippen LogP contribution in [0.1, 0.15) is 0 Å². The largest absolute Gasteiger partial charge is 0.318 e. The van der Waals surface area contributed by atoms with Crippen LogP contribution < -0.4 is 10.0 Å². The molecule has 11 heavy (non-hydrogen) atoms. The molecule has 0 aromatic carbocycles. The Labute approximate surface area is 68.0 Å². The van der Waals surface area contributed by atoms with Crippen molar-refractivity contribution in [3.63, 3.8) is 0 Å². The van der Waals surface area contributed by atoms with Gasteiger partial charge < -0.3 is 5.32 Å². The summed E-state index contributed by atoms with van der Waals surface area (Å²) < 4.78 is 25.5. The van der Waals surface area contributed by atoms with Crippen molar-refractivity contribution in [3.8, 4) is 0 Å². The highest BCUT2D eigenvalue weighted by Crippen LogP contribution is 1.85. The van der Waals surface area contributed by atoms with Gasteiger partial charge in [0.2, 0.25) is 0 Å². The number of nitrogens with one attached hydrogen (secondary N) is 2. The highest BCUT2D eigenvalue weighted by molar-refractivity contribution is 7.87. The minimum atomic E-state index is -3.23. The van der Waals surface area contributed by atoms with Crippen molar-refractivity contribution in [1.29, 1.82) is 0 Å². The molecule has 0 heterocycles. The summed E-state index contributed by atoms with van der Waals surface area (Å²) in [4.78, 5) is 0. The molecule has 0 fully saturated rings.